The number of Topliss-reactive ketones (excluding diaryl/α,β-unsaturated/α-hetero) is 1. The molecule has 0 unspecified atom stereocenters. The quantitative estimate of drug-likeness (QED) is 0.683. The van der Waals surface area contributed by atoms with Crippen LogP contribution in [0.2, 0.25) is 0 Å². The van der Waals surface area contributed by atoms with Gasteiger partial charge in [-0.3, -0.25) is 4.79 Å². The van der Waals surface area contributed by atoms with E-state index in [9.17, 15) is 10.1 Å². The molecule has 4 saturated carbocycles. The van der Waals surface area contributed by atoms with Crippen molar-refractivity contribution in [3.63, 3.8) is 0 Å². The number of rotatable bonds is 0. The van der Waals surface area contributed by atoms with E-state index in [1.807, 2.05) is 0 Å². The molecule has 130 valence electrons. The maximum atomic E-state index is 13.0. The fraction of sp³-hybridized carbons (Fsp3) is 0.900. The van der Waals surface area contributed by atoms with Crippen molar-refractivity contribution in [1.82, 2.24) is 0 Å². The Morgan fingerprint density at radius 1 is 1.17 bits per heavy atom. The highest BCUT2D eigenvalue weighted by molar-refractivity contribution is 5.84. The zero-order valence-electron chi connectivity index (χ0n) is 14.6. The van der Waals surface area contributed by atoms with Crippen LogP contribution in [0.25, 0.3) is 0 Å². The molecule has 5 fully saturated rings. The van der Waals surface area contributed by atoms with Crippen LogP contribution in [0.4, 0.5) is 0 Å². The third-order valence-corrected chi connectivity index (χ3v) is 8.68. The number of nitriles is 1. The Morgan fingerprint density at radius 2 is 1.96 bits per heavy atom. The van der Waals surface area contributed by atoms with Crippen molar-refractivity contribution in [2.75, 3.05) is 13.2 Å². The number of nitrogens with zero attached hydrogens (tertiary/aromatic N) is 1. The molecule has 2 bridgehead atoms. The molecular formula is C20H27NO3. The van der Waals surface area contributed by atoms with Crippen molar-refractivity contribution in [3.8, 4) is 6.07 Å². The molecule has 4 aliphatic carbocycles. The fourth-order valence-electron chi connectivity index (χ4n) is 7.72. The van der Waals surface area contributed by atoms with Gasteiger partial charge in [-0.05, 0) is 48.9 Å². The molecule has 4 nitrogen and oxygen atoms in total. The van der Waals surface area contributed by atoms with Gasteiger partial charge < -0.3 is 9.47 Å². The summed E-state index contributed by atoms with van der Waals surface area (Å²) in [6.07, 6.45) is 8.08. The number of carbonyl (C=O) groups is 1. The molecule has 1 saturated heterocycles. The Bertz CT molecular complexity index is 619. The van der Waals surface area contributed by atoms with E-state index in [0.29, 0.717) is 37.3 Å². The summed E-state index contributed by atoms with van der Waals surface area (Å²) in [5.74, 6) is 0.812. The summed E-state index contributed by atoms with van der Waals surface area (Å²) in [6, 6.07) is 2.49. The Kier molecular flexibility index (Phi) is 3.09. The molecule has 2 spiro atoms. The van der Waals surface area contributed by atoms with Gasteiger partial charge in [-0.25, -0.2) is 0 Å². The van der Waals surface area contributed by atoms with Crippen molar-refractivity contribution in [2.45, 2.75) is 64.1 Å². The SMILES string of the molecule is C[C@]12CCC[C@H](C#N)[C@@H]1C(=O)C[C@H]1C[C@@H]3C[C@@]12CCC31OCCO1. The lowest BCUT2D eigenvalue weighted by Gasteiger charge is -2.61. The Hall–Kier alpha value is -0.920. The first-order valence-electron chi connectivity index (χ1n) is 9.75. The average Bonchev–Trinajstić information content (AvgIpc) is 3.15. The second-order valence-corrected chi connectivity index (χ2v) is 9.19. The second-order valence-electron chi connectivity index (χ2n) is 9.19. The molecule has 0 radical (unpaired) electrons. The fourth-order valence-corrected chi connectivity index (χ4v) is 7.72. The van der Waals surface area contributed by atoms with Crippen molar-refractivity contribution in [3.05, 3.63) is 0 Å². The number of ether oxygens (including phenoxy) is 2. The molecule has 0 aromatic rings. The number of hydrogen-bond donors (Lipinski definition) is 0. The van der Waals surface area contributed by atoms with Crippen molar-refractivity contribution in [2.24, 2.45) is 34.5 Å². The van der Waals surface area contributed by atoms with Crippen molar-refractivity contribution >= 4 is 5.78 Å². The zero-order chi connectivity index (χ0) is 16.6. The molecule has 5 rings (SSSR count). The van der Waals surface area contributed by atoms with Gasteiger partial charge in [0.25, 0.3) is 0 Å². The first-order chi connectivity index (χ1) is 11.5. The van der Waals surface area contributed by atoms with Gasteiger partial charge in [-0.15, -0.1) is 0 Å². The molecule has 6 atom stereocenters. The summed E-state index contributed by atoms with van der Waals surface area (Å²) in [7, 11) is 0. The van der Waals surface area contributed by atoms with Crippen LogP contribution in [-0.2, 0) is 14.3 Å². The van der Waals surface area contributed by atoms with Crippen LogP contribution in [-0.4, -0.2) is 24.8 Å². The van der Waals surface area contributed by atoms with E-state index >= 15 is 0 Å². The predicted molar refractivity (Wildman–Crippen MR) is 86.7 cm³/mol. The summed E-state index contributed by atoms with van der Waals surface area (Å²) in [6.45, 7) is 3.77. The van der Waals surface area contributed by atoms with Crippen LogP contribution in [0, 0.1) is 45.8 Å². The minimum Gasteiger partial charge on any atom is -0.347 e. The molecular weight excluding hydrogens is 302 g/mol. The third-order valence-electron chi connectivity index (χ3n) is 8.68. The Morgan fingerprint density at radius 3 is 2.71 bits per heavy atom. The predicted octanol–water partition coefficient (Wildman–Crippen LogP) is 3.45. The molecule has 4 heteroatoms. The van der Waals surface area contributed by atoms with E-state index < -0.39 is 0 Å². The number of hydrogen-bond acceptors (Lipinski definition) is 4. The van der Waals surface area contributed by atoms with Gasteiger partial charge in [0, 0.05) is 24.7 Å². The number of ketones is 1. The normalized spacial score (nSPS) is 51.9. The van der Waals surface area contributed by atoms with Gasteiger partial charge in [0.15, 0.2) is 5.79 Å². The van der Waals surface area contributed by atoms with Crippen molar-refractivity contribution < 1.29 is 14.3 Å². The summed E-state index contributed by atoms with van der Waals surface area (Å²) < 4.78 is 12.2. The van der Waals surface area contributed by atoms with Crippen LogP contribution in [0.3, 0.4) is 0 Å². The summed E-state index contributed by atoms with van der Waals surface area (Å²) >= 11 is 0. The largest absolute Gasteiger partial charge is 0.347 e. The molecule has 1 aliphatic heterocycles. The van der Waals surface area contributed by atoms with Gasteiger partial charge in [-0.1, -0.05) is 13.3 Å². The minimum atomic E-state index is -0.360. The zero-order valence-corrected chi connectivity index (χ0v) is 14.6. The van der Waals surface area contributed by atoms with Gasteiger partial charge in [0.1, 0.15) is 5.78 Å². The number of fused-ring (bicyclic) bond motifs is 3. The van der Waals surface area contributed by atoms with E-state index in [1.165, 1.54) is 0 Å². The standard InChI is InChI=1S/C20H27NO3/c1-18-4-2-3-13(12-21)17(18)16(22)10-14-9-15-11-19(14,18)5-6-20(15)23-7-8-24-20/h13-15,17H,2-11H2,1H3/t13-,14-,15-,17-,18+,19+/m1/s1. The number of carbonyl (C=O) groups excluding carboxylic acids is 1. The molecule has 1 heterocycles. The van der Waals surface area contributed by atoms with E-state index in [0.717, 1.165) is 44.9 Å². The minimum absolute atomic E-state index is 0.000606. The molecule has 0 aromatic carbocycles. The molecule has 24 heavy (non-hydrogen) atoms. The Labute approximate surface area is 143 Å². The smallest absolute Gasteiger partial charge is 0.171 e. The molecule has 5 aliphatic rings. The van der Waals surface area contributed by atoms with E-state index in [1.54, 1.807) is 0 Å². The van der Waals surface area contributed by atoms with Crippen LogP contribution in [0.5, 0.6) is 0 Å². The monoisotopic (exact) mass is 329 g/mol. The molecule has 0 aromatic heterocycles. The average molecular weight is 329 g/mol. The lowest BCUT2D eigenvalue weighted by atomic mass is 9.42. The van der Waals surface area contributed by atoms with Gasteiger partial charge in [-0.2, -0.15) is 5.26 Å². The Balaban J connectivity index is 1.57. The lowest BCUT2D eigenvalue weighted by Crippen LogP contribution is -2.59. The maximum absolute atomic E-state index is 13.0. The first kappa shape index (κ1) is 15.3. The highest BCUT2D eigenvalue weighted by Crippen LogP contribution is 2.73. The summed E-state index contributed by atoms with van der Waals surface area (Å²) in [4.78, 5) is 13.0. The van der Waals surface area contributed by atoms with E-state index in [4.69, 9.17) is 9.47 Å². The van der Waals surface area contributed by atoms with Gasteiger partial charge >= 0.3 is 0 Å². The molecule has 0 N–H and O–H groups in total. The van der Waals surface area contributed by atoms with Crippen LogP contribution < -0.4 is 0 Å². The maximum Gasteiger partial charge on any atom is 0.171 e. The summed E-state index contributed by atoms with van der Waals surface area (Å²) in [5.41, 5.74) is 0.229. The van der Waals surface area contributed by atoms with E-state index in [-0.39, 0.29) is 28.5 Å². The topological polar surface area (TPSA) is 59.3 Å². The highest BCUT2D eigenvalue weighted by Gasteiger charge is 2.71. The highest BCUT2D eigenvalue weighted by atomic mass is 16.7. The van der Waals surface area contributed by atoms with Crippen LogP contribution in [0.1, 0.15) is 58.3 Å². The molecule has 0 amide bonds. The van der Waals surface area contributed by atoms with Crippen LogP contribution in [0.15, 0.2) is 0 Å². The van der Waals surface area contributed by atoms with Gasteiger partial charge in [0.05, 0.1) is 25.2 Å². The van der Waals surface area contributed by atoms with Gasteiger partial charge in [0.2, 0.25) is 0 Å². The first-order valence-corrected chi connectivity index (χ1v) is 9.75. The lowest BCUT2D eigenvalue weighted by molar-refractivity contribution is -0.229. The third kappa shape index (κ3) is 1.64. The van der Waals surface area contributed by atoms with Crippen LogP contribution >= 0.6 is 0 Å². The van der Waals surface area contributed by atoms with Crippen molar-refractivity contribution in [1.29, 1.82) is 5.26 Å². The second kappa shape index (κ2) is 4.83. The van der Waals surface area contributed by atoms with E-state index in [2.05, 4.69) is 13.0 Å². The summed E-state index contributed by atoms with van der Waals surface area (Å²) in [5, 5.41) is 9.65.